The zero-order chi connectivity index (χ0) is 15.5. The van der Waals surface area contributed by atoms with Crippen LogP contribution in [0.2, 0.25) is 0 Å². The molecule has 4 rings (SSSR count). The van der Waals surface area contributed by atoms with E-state index in [1.807, 2.05) is 18.5 Å². The highest BCUT2D eigenvalue weighted by atomic mass is 16.5. The van der Waals surface area contributed by atoms with Gasteiger partial charge < -0.3 is 9.64 Å². The highest BCUT2D eigenvalue weighted by Crippen LogP contribution is 2.34. The molecule has 0 aliphatic carbocycles. The molecule has 1 atom stereocenters. The van der Waals surface area contributed by atoms with Crippen LogP contribution < -0.4 is 4.90 Å². The molecule has 3 heteroatoms. The second-order valence-electron chi connectivity index (χ2n) is 6.74. The van der Waals surface area contributed by atoms with E-state index in [1.54, 1.807) is 0 Å². The van der Waals surface area contributed by atoms with E-state index < -0.39 is 0 Å². The Morgan fingerprint density at radius 2 is 1.83 bits per heavy atom. The smallest absolute Gasteiger partial charge is 0.0468 e. The van der Waals surface area contributed by atoms with Crippen molar-refractivity contribution in [2.75, 3.05) is 31.2 Å². The summed E-state index contributed by atoms with van der Waals surface area (Å²) in [5.41, 5.74) is 3.79. The van der Waals surface area contributed by atoms with Gasteiger partial charge in [0.2, 0.25) is 0 Å². The van der Waals surface area contributed by atoms with Crippen molar-refractivity contribution in [3.8, 4) is 11.1 Å². The van der Waals surface area contributed by atoms with Crippen LogP contribution in [0.5, 0.6) is 0 Å². The van der Waals surface area contributed by atoms with Crippen LogP contribution in [0.1, 0.15) is 19.3 Å². The van der Waals surface area contributed by atoms with Crippen LogP contribution >= 0.6 is 0 Å². The van der Waals surface area contributed by atoms with Crippen LogP contribution in [-0.2, 0) is 4.74 Å². The summed E-state index contributed by atoms with van der Waals surface area (Å²) in [7, 11) is 0. The molecule has 23 heavy (non-hydrogen) atoms. The molecular formula is C20H24N2O. The fraction of sp³-hybridized carbons (Fsp3) is 0.450. The summed E-state index contributed by atoms with van der Waals surface area (Å²) in [5.74, 6) is 1.69. The first kappa shape index (κ1) is 14.7. The summed E-state index contributed by atoms with van der Waals surface area (Å²) in [6.45, 7) is 4.29. The van der Waals surface area contributed by atoms with E-state index >= 15 is 0 Å². The molecule has 3 nitrogen and oxygen atoms in total. The third kappa shape index (κ3) is 3.25. The summed E-state index contributed by atoms with van der Waals surface area (Å²) < 4.78 is 5.52. The van der Waals surface area contributed by atoms with Gasteiger partial charge in [-0.05, 0) is 54.9 Å². The minimum absolute atomic E-state index is 0.834. The van der Waals surface area contributed by atoms with E-state index in [0.717, 1.165) is 25.0 Å². The Labute approximate surface area is 138 Å². The summed E-state index contributed by atoms with van der Waals surface area (Å²) in [4.78, 5) is 6.79. The number of aromatic nitrogens is 1. The van der Waals surface area contributed by atoms with Gasteiger partial charge in [0.15, 0.2) is 0 Å². The highest BCUT2D eigenvalue weighted by molar-refractivity contribution is 5.68. The average Bonchev–Trinajstić information content (AvgIpc) is 3.14. The molecular weight excluding hydrogens is 284 g/mol. The molecule has 2 aromatic rings. The monoisotopic (exact) mass is 308 g/mol. The molecule has 2 aliphatic heterocycles. The van der Waals surface area contributed by atoms with Crippen LogP contribution in [-0.4, -0.2) is 31.3 Å². The van der Waals surface area contributed by atoms with E-state index in [9.17, 15) is 0 Å². The number of hydrogen-bond donors (Lipinski definition) is 0. The van der Waals surface area contributed by atoms with Gasteiger partial charge >= 0.3 is 0 Å². The molecule has 0 spiro atoms. The number of anilines is 1. The maximum Gasteiger partial charge on any atom is 0.0468 e. The van der Waals surface area contributed by atoms with Crippen molar-refractivity contribution in [3.05, 3.63) is 48.8 Å². The van der Waals surface area contributed by atoms with E-state index in [2.05, 4.69) is 40.2 Å². The van der Waals surface area contributed by atoms with E-state index in [-0.39, 0.29) is 0 Å². The van der Waals surface area contributed by atoms with Gasteiger partial charge in [-0.3, -0.25) is 4.98 Å². The average molecular weight is 308 g/mol. The minimum Gasteiger partial charge on any atom is -0.381 e. The Balaban J connectivity index is 1.48. The minimum atomic E-state index is 0.834. The summed E-state index contributed by atoms with van der Waals surface area (Å²) in [6.07, 6.45) is 7.57. The van der Waals surface area contributed by atoms with E-state index in [4.69, 9.17) is 4.74 Å². The first-order valence-corrected chi connectivity index (χ1v) is 8.73. The molecule has 1 unspecified atom stereocenters. The SMILES string of the molecule is c1cncc(-c2cccc(N3CCC(C4CCOCC4)C3)c2)c1. The summed E-state index contributed by atoms with van der Waals surface area (Å²) in [6, 6.07) is 13.0. The quantitative estimate of drug-likeness (QED) is 0.857. The Kier molecular flexibility index (Phi) is 4.29. The highest BCUT2D eigenvalue weighted by Gasteiger charge is 2.30. The second kappa shape index (κ2) is 6.71. The molecule has 1 aromatic heterocycles. The van der Waals surface area contributed by atoms with E-state index in [1.165, 1.54) is 49.2 Å². The van der Waals surface area contributed by atoms with Crippen LogP contribution in [0.4, 0.5) is 5.69 Å². The normalized spacial score (nSPS) is 22.4. The molecule has 2 fully saturated rings. The predicted molar refractivity (Wildman–Crippen MR) is 93.5 cm³/mol. The van der Waals surface area contributed by atoms with Crippen LogP contribution in [0, 0.1) is 11.8 Å². The number of benzene rings is 1. The lowest BCUT2D eigenvalue weighted by Crippen LogP contribution is -2.26. The lowest BCUT2D eigenvalue weighted by atomic mass is 9.85. The van der Waals surface area contributed by atoms with Crippen LogP contribution in [0.25, 0.3) is 11.1 Å². The van der Waals surface area contributed by atoms with Crippen molar-refractivity contribution in [2.24, 2.45) is 11.8 Å². The van der Waals surface area contributed by atoms with Crippen molar-refractivity contribution in [3.63, 3.8) is 0 Å². The Morgan fingerprint density at radius 1 is 0.957 bits per heavy atom. The van der Waals surface area contributed by atoms with Gasteiger partial charge in [-0.1, -0.05) is 18.2 Å². The Morgan fingerprint density at radius 3 is 2.65 bits per heavy atom. The maximum absolute atomic E-state index is 5.52. The third-order valence-corrected chi connectivity index (χ3v) is 5.36. The zero-order valence-electron chi connectivity index (χ0n) is 13.5. The standard InChI is InChI=1S/C20H24N2O/c1-3-17(18-4-2-9-21-14-18)13-20(5-1)22-10-6-19(15-22)16-7-11-23-12-8-16/h1-5,9,13-14,16,19H,6-8,10-12,15H2. The fourth-order valence-corrected chi connectivity index (χ4v) is 4.01. The van der Waals surface area contributed by atoms with Crippen LogP contribution in [0.15, 0.2) is 48.8 Å². The molecule has 0 N–H and O–H groups in total. The predicted octanol–water partition coefficient (Wildman–Crippen LogP) is 4.00. The van der Waals surface area contributed by atoms with Crippen molar-refractivity contribution < 1.29 is 4.74 Å². The third-order valence-electron chi connectivity index (χ3n) is 5.36. The molecule has 2 saturated heterocycles. The molecule has 1 aromatic carbocycles. The lowest BCUT2D eigenvalue weighted by molar-refractivity contribution is 0.0500. The van der Waals surface area contributed by atoms with Gasteiger partial charge in [0.05, 0.1) is 0 Å². The van der Waals surface area contributed by atoms with Crippen molar-refractivity contribution in [2.45, 2.75) is 19.3 Å². The van der Waals surface area contributed by atoms with Gasteiger partial charge in [-0.2, -0.15) is 0 Å². The number of ether oxygens (including phenoxy) is 1. The molecule has 3 heterocycles. The lowest BCUT2D eigenvalue weighted by Gasteiger charge is -2.28. The first-order chi connectivity index (χ1) is 11.4. The van der Waals surface area contributed by atoms with Crippen molar-refractivity contribution >= 4 is 5.69 Å². The molecule has 0 amide bonds. The van der Waals surface area contributed by atoms with Crippen molar-refractivity contribution in [1.82, 2.24) is 4.98 Å². The maximum atomic E-state index is 5.52. The van der Waals surface area contributed by atoms with Gasteiger partial charge in [0.25, 0.3) is 0 Å². The zero-order valence-corrected chi connectivity index (χ0v) is 13.5. The molecule has 0 saturated carbocycles. The molecule has 2 aliphatic rings. The molecule has 0 radical (unpaired) electrons. The number of nitrogens with zero attached hydrogens (tertiary/aromatic N) is 2. The number of rotatable bonds is 3. The van der Waals surface area contributed by atoms with Crippen molar-refractivity contribution in [1.29, 1.82) is 0 Å². The van der Waals surface area contributed by atoms with Gasteiger partial charge in [0, 0.05) is 49.9 Å². The van der Waals surface area contributed by atoms with Gasteiger partial charge in [-0.25, -0.2) is 0 Å². The number of hydrogen-bond acceptors (Lipinski definition) is 3. The largest absolute Gasteiger partial charge is 0.381 e. The Bertz CT molecular complexity index is 637. The van der Waals surface area contributed by atoms with Crippen LogP contribution in [0.3, 0.4) is 0 Å². The Hall–Kier alpha value is -1.87. The topological polar surface area (TPSA) is 25.4 Å². The number of pyridine rings is 1. The fourth-order valence-electron chi connectivity index (χ4n) is 4.01. The molecule has 0 bridgehead atoms. The van der Waals surface area contributed by atoms with Gasteiger partial charge in [0.1, 0.15) is 0 Å². The first-order valence-electron chi connectivity index (χ1n) is 8.73. The summed E-state index contributed by atoms with van der Waals surface area (Å²) in [5, 5.41) is 0. The summed E-state index contributed by atoms with van der Waals surface area (Å²) >= 11 is 0. The molecule has 120 valence electrons. The van der Waals surface area contributed by atoms with Gasteiger partial charge in [-0.15, -0.1) is 0 Å². The van der Waals surface area contributed by atoms with E-state index in [0.29, 0.717) is 0 Å². The second-order valence-corrected chi connectivity index (χ2v) is 6.74.